The number of hydrogen-bond acceptors (Lipinski definition) is 5. The number of benzene rings is 2. The van der Waals surface area contributed by atoms with Crippen molar-refractivity contribution in [1.29, 1.82) is 0 Å². The van der Waals surface area contributed by atoms with Gasteiger partial charge in [-0.2, -0.15) is 5.10 Å². The van der Waals surface area contributed by atoms with E-state index in [9.17, 15) is 0 Å². The highest BCUT2D eigenvalue weighted by atomic mass is 16.5. The summed E-state index contributed by atoms with van der Waals surface area (Å²) in [6.07, 6.45) is 3.64. The smallest absolute Gasteiger partial charge is 0.174 e. The van der Waals surface area contributed by atoms with Crippen LogP contribution in [0.1, 0.15) is 0 Å². The monoisotopic (exact) mass is 368 g/mol. The molecule has 0 spiro atoms. The molecular weight excluding hydrogens is 352 g/mol. The molecule has 0 fully saturated rings. The molecule has 0 aliphatic rings. The van der Waals surface area contributed by atoms with Crippen molar-refractivity contribution in [2.75, 3.05) is 7.11 Å². The maximum Gasteiger partial charge on any atom is 0.174 e. The predicted molar refractivity (Wildman–Crippen MR) is 107 cm³/mol. The second-order valence-electron chi connectivity index (χ2n) is 6.34. The summed E-state index contributed by atoms with van der Waals surface area (Å²) in [6.45, 7) is 0. The maximum atomic E-state index is 5.65. The van der Waals surface area contributed by atoms with Crippen molar-refractivity contribution in [3.63, 3.8) is 0 Å². The fourth-order valence-electron chi connectivity index (χ4n) is 3.29. The third kappa shape index (κ3) is 2.72. The van der Waals surface area contributed by atoms with Gasteiger partial charge in [0.2, 0.25) is 0 Å². The lowest BCUT2D eigenvalue weighted by molar-refractivity contribution is 0.414. The average molecular weight is 368 g/mol. The van der Waals surface area contributed by atoms with E-state index in [1.165, 1.54) is 0 Å². The van der Waals surface area contributed by atoms with Crippen molar-refractivity contribution in [2.24, 2.45) is 0 Å². The van der Waals surface area contributed by atoms with Crippen LogP contribution in [-0.4, -0.2) is 27.4 Å². The van der Waals surface area contributed by atoms with Gasteiger partial charge in [0, 0.05) is 23.5 Å². The molecule has 0 amide bonds. The molecule has 3 aromatic heterocycles. The van der Waals surface area contributed by atoms with Crippen LogP contribution in [0.3, 0.4) is 0 Å². The normalized spacial score (nSPS) is 11.0. The number of rotatable bonds is 4. The molecule has 0 radical (unpaired) electrons. The van der Waals surface area contributed by atoms with Crippen LogP contribution in [0, 0.1) is 0 Å². The van der Waals surface area contributed by atoms with Crippen LogP contribution in [0.2, 0.25) is 0 Å². The lowest BCUT2D eigenvalue weighted by Crippen LogP contribution is -1.86. The highest BCUT2D eigenvalue weighted by Crippen LogP contribution is 2.35. The zero-order valence-electron chi connectivity index (χ0n) is 15.1. The Labute approximate surface area is 160 Å². The fourth-order valence-corrected chi connectivity index (χ4v) is 3.29. The Hall–Kier alpha value is -3.93. The van der Waals surface area contributed by atoms with Crippen LogP contribution in [0.25, 0.3) is 44.7 Å². The van der Waals surface area contributed by atoms with E-state index in [1.54, 1.807) is 13.3 Å². The zero-order valence-corrected chi connectivity index (χ0v) is 15.1. The van der Waals surface area contributed by atoms with E-state index >= 15 is 0 Å². The Balaban J connectivity index is 1.65. The number of aromatic nitrogens is 4. The number of methoxy groups -OCH3 is 1. The van der Waals surface area contributed by atoms with E-state index in [4.69, 9.17) is 9.26 Å². The second-order valence-corrected chi connectivity index (χ2v) is 6.34. The van der Waals surface area contributed by atoms with E-state index in [2.05, 4.69) is 26.4 Å². The Morgan fingerprint density at radius 1 is 0.964 bits per heavy atom. The highest BCUT2D eigenvalue weighted by molar-refractivity contribution is 5.95. The first-order valence-corrected chi connectivity index (χ1v) is 8.83. The molecule has 0 unspecified atom stereocenters. The lowest BCUT2D eigenvalue weighted by atomic mass is 10.0. The van der Waals surface area contributed by atoms with E-state index in [0.29, 0.717) is 5.76 Å². The summed E-state index contributed by atoms with van der Waals surface area (Å²) in [5.74, 6) is 1.48. The molecule has 2 aromatic carbocycles. The van der Waals surface area contributed by atoms with Crippen LogP contribution >= 0.6 is 0 Å². The number of nitrogens with zero attached hydrogens (tertiary/aromatic N) is 3. The van der Waals surface area contributed by atoms with Crippen molar-refractivity contribution >= 4 is 10.9 Å². The van der Waals surface area contributed by atoms with Gasteiger partial charge in [-0.05, 0) is 42.0 Å². The van der Waals surface area contributed by atoms with E-state index in [1.807, 2.05) is 60.8 Å². The van der Waals surface area contributed by atoms with Gasteiger partial charge in [-0.25, -0.2) is 0 Å². The molecule has 5 rings (SSSR count). The van der Waals surface area contributed by atoms with Gasteiger partial charge in [0.05, 0.1) is 18.2 Å². The Bertz CT molecular complexity index is 1260. The molecule has 3 heterocycles. The molecular formula is C22H16N4O2. The number of hydrogen-bond donors (Lipinski definition) is 1. The van der Waals surface area contributed by atoms with Gasteiger partial charge in [0.25, 0.3) is 0 Å². The molecule has 0 atom stereocenters. The van der Waals surface area contributed by atoms with Gasteiger partial charge in [-0.15, -0.1) is 0 Å². The van der Waals surface area contributed by atoms with Crippen molar-refractivity contribution < 1.29 is 9.26 Å². The van der Waals surface area contributed by atoms with E-state index in [0.717, 1.165) is 44.7 Å². The van der Waals surface area contributed by atoms with Crippen molar-refractivity contribution in [2.45, 2.75) is 0 Å². The summed E-state index contributed by atoms with van der Waals surface area (Å²) in [4.78, 5) is 4.42. The first-order chi connectivity index (χ1) is 13.8. The Kier molecular flexibility index (Phi) is 3.87. The van der Waals surface area contributed by atoms with Crippen molar-refractivity contribution in [3.05, 3.63) is 73.1 Å². The third-order valence-corrected chi connectivity index (χ3v) is 4.67. The van der Waals surface area contributed by atoms with Crippen LogP contribution in [0.4, 0.5) is 0 Å². The summed E-state index contributed by atoms with van der Waals surface area (Å²) in [7, 11) is 1.65. The molecule has 136 valence electrons. The molecule has 0 saturated carbocycles. The quantitative estimate of drug-likeness (QED) is 0.485. The number of nitrogens with one attached hydrogen (secondary N) is 1. The Morgan fingerprint density at radius 2 is 1.93 bits per heavy atom. The minimum Gasteiger partial charge on any atom is -0.497 e. The van der Waals surface area contributed by atoms with E-state index < -0.39 is 0 Å². The number of H-pyrrole nitrogens is 1. The number of pyridine rings is 1. The van der Waals surface area contributed by atoms with Crippen molar-refractivity contribution in [3.8, 4) is 39.6 Å². The van der Waals surface area contributed by atoms with Gasteiger partial charge in [-0.3, -0.25) is 10.1 Å². The lowest BCUT2D eigenvalue weighted by Gasteiger charge is -2.04. The summed E-state index contributed by atoms with van der Waals surface area (Å²) in [5, 5.41) is 12.5. The number of aromatic amines is 1. The standard InChI is InChI=1S/C22H16N4O2/c1-27-16-6-4-5-15(11-16)22-17-12-14(8-9-19(17)26-28-22)18-13-24-25-21(18)20-7-2-3-10-23-20/h2-13H,1H3,(H,24,25). The molecule has 6 nitrogen and oxygen atoms in total. The third-order valence-electron chi connectivity index (χ3n) is 4.67. The van der Waals surface area contributed by atoms with Gasteiger partial charge in [0.15, 0.2) is 5.76 Å². The van der Waals surface area contributed by atoms with Gasteiger partial charge in [0.1, 0.15) is 17.0 Å². The van der Waals surface area contributed by atoms with Gasteiger partial charge in [-0.1, -0.05) is 29.4 Å². The first-order valence-electron chi connectivity index (χ1n) is 8.83. The van der Waals surface area contributed by atoms with E-state index in [-0.39, 0.29) is 0 Å². The topological polar surface area (TPSA) is 76.8 Å². The summed E-state index contributed by atoms with van der Waals surface area (Å²) in [5.41, 5.74) is 5.31. The summed E-state index contributed by atoms with van der Waals surface area (Å²) >= 11 is 0. The molecule has 0 bridgehead atoms. The molecule has 0 aliphatic heterocycles. The predicted octanol–water partition coefficient (Wildman–Crippen LogP) is 4.96. The Morgan fingerprint density at radius 3 is 2.79 bits per heavy atom. The summed E-state index contributed by atoms with van der Waals surface area (Å²) in [6, 6.07) is 19.6. The fraction of sp³-hybridized carbons (Fsp3) is 0.0455. The second kappa shape index (κ2) is 6.66. The van der Waals surface area contributed by atoms with Gasteiger partial charge >= 0.3 is 0 Å². The minimum absolute atomic E-state index is 0.707. The molecule has 28 heavy (non-hydrogen) atoms. The largest absolute Gasteiger partial charge is 0.497 e. The van der Waals surface area contributed by atoms with Crippen molar-refractivity contribution in [1.82, 2.24) is 20.3 Å². The van der Waals surface area contributed by atoms with Crippen LogP contribution in [0.15, 0.2) is 77.6 Å². The van der Waals surface area contributed by atoms with Crippen LogP contribution in [-0.2, 0) is 0 Å². The molecule has 0 aliphatic carbocycles. The minimum atomic E-state index is 0.707. The van der Waals surface area contributed by atoms with Gasteiger partial charge < -0.3 is 9.26 Å². The average Bonchev–Trinajstić information content (AvgIpc) is 3.41. The molecule has 0 saturated heterocycles. The SMILES string of the molecule is COc1cccc(-c2onc3ccc(-c4c[nH]nc4-c4ccccn4)cc23)c1. The zero-order chi connectivity index (χ0) is 18.9. The molecule has 1 N–H and O–H groups in total. The molecule has 5 aromatic rings. The maximum absolute atomic E-state index is 5.65. The molecule has 6 heteroatoms. The highest BCUT2D eigenvalue weighted by Gasteiger charge is 2.16. The number of fused-ring (bicyclic) bond motifs is 1. The van der Waals surface area contributed by atoms with Crippen LogP contribution < -0.4 is 4.74 Å². The first kappa shape index (κ1) is 16.3. The van der Waals surface area contributed by atoms with Crippen LogP contribution in [0.5, 0.6) is 5.75 Å². The number of ether oxygens (including phenoxy) is 1. The summed E-state index contributed by atoms with van der Waals surface area (Å²) < 4.78 is 11.0.